The molecule has 0 bridgehead atoms. The third kappa shape index (κ3) is 8.84. The molecule has 1 nitrogen and oxygen atoms in total. The van der Waals surface area contributed by atoms with Gasteiger partial charge in [0.1, 0.15) is 0 Å². The number of hydrogen-bond acceptors (Lipinski definition) is 0. The van der Waals surface area contributed by atoms with E-state index in [2.05, 4.69) is 0 Å². The van der Waals surface area contributed by atoms with Gasteiger partial charge in [-0.1, -0.05) is 0 Å². The Morgan fingerprint density at radius 1 is 1.00 bits per heavy atom. The molecule has 0 aliphatic heterocycles. The molecule has 28 valence electrons. The Labute approximate surface area is 79.1 Å². The maximum atomic E-state index is 0. The molecule has 0 aromatic rings. The van der Waals surface area contributed by atoms with Gasteiger partial charge in [0, 0.05) is 57.0 Å². The van der Waals surface area contributed by atoms with E-state index in [1.165, 1.54) is 0 Å². The Morgan fingerprint density at radius 3 is 1.00 bits per heavy atom. The Morgan fingerprint density at radius 2 is 1.00 bits per heavy atom. The van der Waals surface area contributed by atoms with Crippen LogP contribution in [0, 0.1) is 39.9 Å². The number of rotatable bonds is 0. The van der Waals surface area contributed by atoms with Crippen molar-refractivity contribution in [2.24, 2.45) is 0 Å². The van der Waals surface area contributed by atoms with Crippen LogP contribution >= 0.6 is 0 Å². The first kappa shape index (κ1) is 32.8. The van der Waals surface area contributed by atoms with Crippen molar-refractivity contribution in [2.45, 2.75) is 0 Å². The van der Waals surface area contributed by atoms with Crippen molar-refractivity contribution in [2.75, 3.05) is 0 Å². The van der Waals surface area contributed by atoms with E-state index in [1.807, 2.05) is 0 Å². The fourth-order valence-electron chi connectivity index (χ4n) is 0. The van der Waals surface area contributed by atoms with E-state index in [-0.39, 0.29) is 80.4 Å². The van der Waals surface area contributed by atoms with Gasteiger partial charge in [0.2, 0.25) is 0 Å². The normalized spacial score (nSPS) is 0. The van der Waals surface area contributed by atoms with Crippen molar-refractivity contribution in [3.05, 3.63) is 0 Å². The quantitative estimate of drug-likeness (QED) is 0.433. The van der Waals surface area contributed by atoms with Crippen LogP contribution < -0.4 is 0 Å². The minimum Gasteiger partial charge on any atom is 0 e. The minimum absolute atomic E-state index is 0. The summed E-state index contributed by atoms with van der Waals surface area (Å²) in [5.41, 5.74) is 0. The van der Waals surface area contributed by atoms with Gasteiger partial charge in [-0.15, -0.1) is 0 Å². The van der Waals surface area contributed by atoms with E-state index in [9.17, 15) is 0 Å². The molecular formula is H5AsFeOTh. The molecule has 0 radical (unpaired) electrons. The molecule has 0 aromatic carbocycles. The van der Waals surface area contributed by atoms with E-state index in [1.54, 1.807) is 0 Å². The largest absolute Gasteiger partial charge is 0 e. The molecule has 1 unspecified atom stereocenters. The first-order valence-corrected chi connectivity index (χ1v) is 0. The zero-order valence-corrected chi connectivity index (χ0v) is 10.2. The van der Waals surface area contributed by atoms with Crippen LogP contribution in [0.2, 0.25) is 0 Å². The van der Waals surface area contributed by atoms with E-state index in [0.29, 0.717) is 0 Å². The van der Waals surface area contributed by atoms with Crippen LogP contribution in [0.3, 0.4) is 0 Å². The molecule has 0 rings (SSSR count). The fraction of sp³-hybridized carbons (Fsp3) is 0. The van der Waals surface area contributed by atoms with E-state index >= 15 is 0 Å². The number of hydrogen-bond donors (Lipinski definition) is 0. The second kappa shape index (κ2) is 18.3. The SMILES string of the molecule is O.[AsH3].[Fe].[Th]. The maximum Gasteiger partial charge on any atom is 0 e. The fourth-order valence-corrected chi connectivity index (χ4v) is 0. The molecule has 4 heavy (non-hydrogen) atoms. The molecule has 0 saturated carbocycles. The molecule has 0 fully saturated rings. The average molecular weight is 384 g/mol. The summed E-state index contributed by atoms with van der Waals surface area (Å²) in [6.07, 6.45) is 0. The topological polar surface area (TPSA) is 31.5 Å². The van der Waals surface area contributed by atoms with Crippen molar-refractivity contribution < 1.29 is 62.5 Å². The van der Waals surface area contributed by atoms with Gasteiger partial charge >= 0.3 is 18.0 Å². The minimum atomic E-state index is 0. The third-order valence-electron chi connectivity index (χ3n) is 0. The summed E-state index contributed by atoms with van der Waals surface area (Å²) in [4.78, 5) is 0. The monoisotopic (exact) mass is 384 g/mol. The summed E-state index contributed by atoms with van der Waals surface area (Å²) >= 11 is 0. The predicted molar refractivity (Wildman–Crippen MR) is 13.6 cm³/mol. The van der Waals surface area contributed by atoms with E-state index < -0.39 is 0 Å². The van der Waals surface area contributed by atoms with Gasteiger partial charge in [-0.3, -0.25) is 0 Å². The summed E-state index contributed by atoms with van der Waals surface area (Å²) < 4.78 is 0. The van der Waals surface area contributed by atoms with Gasteiger partial charge in [0.05, 0.1) is 0 Å². The molecular weight excluding hydrogens is 379 g/mol. The summed E-state index contributed by atoms with van der Waals surface area (Å²) in [6, 6.07) is 0. The second-order valence-corrected chi connectivity index (χ2v) is 0. The molecule has 0 aliphatic carbocycles. The van der Waals surface area contributed by atoms with Gasteiger partial charge in [0.25, 0.3) is 0 Å². The van der Waals surface area contributed by atoms with Crippen LogP contribution in [0.1, 0.15) is 0 Å². The van der Waals surface area contributed by atoms with Gasteiger partial charge < -0.3 is 5.48 Å². The van der Waals surface area contributed by atoms with E-state index in [4.69, 9.17) is 0 Å². The van der Waals surface area contributed by atoms with Crippen LogP contribution in [-0.2, 0) is 17.1 Å². The Hall–Kier alpha value is 2.36. The van der Waals surface area contributed by atoms with E-state index in [0.717, 1.165) is 0 Å². The third-order valence-corrected chi connectivity index (χ3v) is 0. The molecule has 0 amide bonds. The molecule has 1 atom stereocenters. The van der Waals surface area contributed by atoms with Crippen molar-refractivity contribution in [1.82, 2.24) is 0 Å². The van der Waals surface area contributed by atoms with Gasteiger partial charge in [-0.2, -0.15) is 0 Å². The van der Waals surface area contributed by atoms with Gasteiger partial charge in [-0.25, -0.2) is 0 Å². The summed E-state index contributed by atoms with van der Waals surface area (Å²) in [5.74, 6) is 0. The van der Waals surface area contributed by atoms with Crippen LogP contribution in [0.15, 0.2) is 0 Å². The second-order valence-electron chi connectivity index (χ2n) is 0. The Balaban J connectivity index is 0. The average Bonchev–Trinajstić information content (AvgIpc) is 0. The van der Waals surface area contributed by atoms with Crippen molar-refractivity contribution in [3.8, 4) is 0 Å². The van der Waals surface area contributed by atoms with Crippen molar-refractivity contribution in [1.29, 1.82) is 0 Å². The van der Waals surface area contributed by atoms with Crippen LogP contribution in [0.5, 0.6) is 0 Å². The first-order valence-electron chi connectivity index (χ1n) is 0. The molecule has 0 heterocycles. The summed E-state index contributed by atoms with van der Waals surface area (Å²) in [6.45, 7) is 0. The zero-order chi connectivity index (χ0) is 0. The molecule has 0 saturated heterocycles. The zero-order valence-electron chi connectivity index (χ0n) is 2.06. The van der Waals surface area contributed by atoms with Gasteiger partial charge in [-0.05, 0) is 0 Å². The molecule has 0 aliphatic rings. The maximum absolute atomic E-state index is 0. The summed E-state index contributed by atoms with van der Waals surface area (Å²) in [7, 11) is 0. The Bertz CT molecular complexity index is 8.00. The van der Waals surface area contributed by atoms with Crippen molar-refractivity contribution >= 4 is 18.0 Å². The van der Waals surface area contributed by atoms with Crippen LogP contribution in [-0.4, -0.2) is 23.4 Å². The molecule has 4 heteroatoms. The first-order chi connectivity index (χ1) is 0. The van der Waals surface area contributed by atoms with Crippen LogP contribution in [0.4, 0.5) is 0 Å². The van der Waals surface area contributed by atoms with Crippen LogP contribution in [0.25, 0.3) is 0 Å². The molecule has 0 spiro atoms. The standard InChI is InChI=1S/AsH3.Fe.H2O.Th/h1H3;;1H2;. The van der Waals surface area contributed by atoms with Gasteiger partial charge in [0.15, 0.2) is 0 Å². The predicted octanol–water partition coefficient (Wildman–Crippen LogP) is -2.01. The Kier molecular flexibility index (Phi) is 150. The molecule has 2 N–H and O–H groups in total. The smallest absolute Gasteiger partial charge is 0 e. The van der Waals surface area contributed by atoms with Crippen molar-refractivity contribution in [3.63, 3.8) is 0 Å². The summed E-state index contributed by atoms with van der Waals surface area (Å²) in [5, 5.41) is 0. The molecule has 0 aromatic heterocycles.